The van der Waals surface area contributed by atoms with Crippen molar-refractivity contribution < 1.29 is 18.3 Å². The molecule has 0 spiro atoms. The molecule has 1 heterocycles. The van der Waals surface area contributed by atoms with Crippen molar-refractivity contribution in [1.82, 2.24) is 4.90 Å². The molecule has 6 heteroatoms. The molecule has 1 aromatic heterocycles. The van der Waals surface area contributed by atoms with Crippen LogP contribution >= 0.6 is 11.6 Å². The highest BCUT2D eigenvalue weighted by molar-refractivity contribution is 6.31. The van der Waals surface area contributed by atoms with Crippen molar-refractivity contribution >= 4 is 17.5 Å². The third-order valence-electron chi connectivity index (χ3n) is 4.29. The molecule has 0 N–H and O–H groups in total. The lowest BCUT2D eigenvalue weighted by Crippen LogP contribution is -2.39. The molecule has 0 unspecified atom stereocenters. The van der Waals surface area contributed by atoms with Gasteiger partial charge in [0.15, 0.2) is 6.10 Å². The van der Waals surface area contributed by atoms with E-state index in [0.717, 1.165) is 5.56 Å². The minimum absolute atomic E-state index is 0.228. The molecule has 0 aliphatic carbocycles. The first kappa shape index (κ1) is 20.0. The van der Waals surface area contributed by atoms with Crippen LogP contribution in [0.3, 0.4) is 0 Å². The van der Waals surface area contributed by atoms with Crippen LogP contribution in [0.5, 0.6) is 5.75 Å². The molecule has 0 bridgehead atoms. The van der Waals surface area contributed by atoms with Crippen molar-refractivity contribution in [1.29, 1.82) is 0 Å². The van der Waals surface area contributed by atoms with Crippen molar-refractivity contribution in [2.24, 2.45) is 0 Å². The third kappa shape index (κ3) is 5.14. The van der Waals surface area contributed by atoms with Crippen LogP contribution in [0, 0.1) is 12.7 Å². The lowest BCUT2D eigenvalue weighted by atomic mass is 10.2. The van der Waals surface area contributed by atoms with Gasteiger partial charge in [-0.3, -0.25) is 4.79 Å². The number of hydrogen-bond acceptors (Lipinski definition) is 3. The number of hydrogen-bond donors (Lipinski definition) is 0. The summed E-state index contributed by atoms with van der Waals surface area (Å²) in [6.45, 7) is 4.06. The summed E-state index contributed by atoms with van der Waals surface area (Å²) >= 11 is 6.04. The first-order valence-electron chi connectivity index (χ1n) is 8.91. The van der Waals surface area contributed by atoms with E-state index in [4.69, 9.17) is 20.8 Å². The summed E-state index contributed by atoms with van der Waals surface area (Å²) < 4.78 is 24.8. The predicted octanol–water partition coefficient (Wildman–Crippen LogP) is 5.38. The van der Waals surface area contributed by atoms with Crippen LogP contribution in [0.15, 0.2) is 65.3 Å². The van der Waals surface area contributed by atoms with E-state index < -0.39 is 6.10 Å². The van der Waals surface area contributed by atoms with Gasteiger partial charge >= 0.3 is 0 Å². The van der Waals surface area contributed by atoms with Gasteiger partial charge in [-0.1, -0.05) is 23.7 Å². The normalized spacial score (nSPS) is 11.9. The Kier molecular flexibility index (Phi) is 6.37. The SMILES string of the molecule is Cc1cc(O[C@@H](C)C(=O)N(Cc2cccc(F)c2)Cc2ccco2)ccc1Cl. The van der Waals surface area contributed by atoms with Gasteiger partial charge in [0.25, 0.3) is 5.91 Å². The first-order valence-corrected chi connectivity index (χ1v) is 9.28. The van der Waals surface area contributed by atoms with E-state index >= 15 is 0 Å². The van der Waals surface area contributed by atoms with E-state index in [0.29, 0.717) is 22.1 Å². The van der Waals surface area contributed by atoms with E-state index in [2.05, 4.69) is 0 Å². The number of ether oxygens (including phenoxy) is 1. The molecule has 0 fully saturated rings. The Morgan fingerprint density at radius 1 is 1.18 bits per heavy atom. The average Bonchev–Trinajstić information content (AvgIpc) is 3.17. The van der Waals surface area contributed by atoms with Gasteiger partial charge < -0.3 is 14.1 Å². The van der Waals surface area contributed by atoms with Crippen LogP contribution in [0.2, 0.25) is 5.02 Å². The predicted molar refractivity (Wildman–Crippen MR) is 106 cm³/mol. The second kappa shape index (κ2) is 8.93. The van der Waals surface area contributed by atoms with Crippen molar-refractivity contribution in [2.75, 3.05) is 0 Å². The van der Waals surface area contributed by atoms with E-state index in [1.54, 1.807) is 60.6 Å². The topological polar surface area (TPSA) is 42.7 Å². The number of carbonyl (C=O) groups excluding carboxylic acids is 1. The van der Waals surface area contributed by atoms with Gasteiger partial charge in [-0.25, -0.2) is 4.39 Å². The summed E-state index contributed by atoms with van der Waals surface area (Å²) in [6, 6.07) is 15.0. The Morgan fingerprint density at radius 3 is 2.68 bits per heavy atom. The number of furan rings is 1. The number of halogens is 2. The number of aryl methyl sites for hydroxylation is 1. The maximum Gasteiger partial charge on any atom is 0.264 e. The summed E-state index contributed by atoms with van der Waals surface area (Å²) in [4.78, 5) is 14.6. The molecule has 3 rings (SSSR count). The summed E-state index contributed by atoms with van der Waals surface area (Å²) in [5.74, 6) is 0.628. The minimum atomic E-state index is -0.732. The number of carbonyl (C=O) groups is 1. The highest BCUT2D eigenvalue weighted by atomic mass is 35.5. The van der Waals surface area contributed by atoms with Gasteiger partial charge in [0, 0.05) is 11.6 Å². The van der Waals surface area contributed by atoms with Crippen LogP contribution in [0.4, 0.5) is 4.39 Å². The van der Waals surface area contributed by atoms with Crippen molar-refractivity contribution in [2.45, 2.75) is 33.0 Å². The van der Waals surface area contributed by atoms with Crippen molar-refractivity contribution in [3.63, 3.8) is 0 Å². The Morgan fingerprint density at radius 2 is 2.00 bits per heavy atom. The molecular weight excluding hydrogens is 381 g/mol. The van der Waals surface area contributed by atoms with E-state index in [9.17, 15) is 9.18 Å². The monoisotopic (exact) mass is 401 g/mol. The minimum Gasteiger partial charge on any atom is -0.481 e. The highest BCUT2D eigenvalue weighted by Gasteiger charge is 2.24. The molecule has 2 aromatic carbocycles. The highest BCUT2D eigenvalue weighted by Crippen LogP contribution is 2.23. The Hall–Kier alpha value is -2.79. The lowest BCUT2D eigenvalue weighted by Gasteiger charge is -2.25. The standard InChI is InChI=1S/C22H21ClFNO3/c1-15-11-19(8-9-21(15)23)28-16(2)22(26)25(14-20-7-4-10-27-20)13-17-5-3-6-18(24)12-17/h3-12,16H,13-14H2,1-2H3/t16-/m0/s1. The van der Waals surface area contributed by atoms with E-state index in [1.807, 2.05) is 6.92 Å². The molecule has 146 valence electrons. The summed E-state index contributed by atoms with van der Waals surface area (Å²) in [6.07, 6.45) is 0.820. The van der Waals surface area contributed by atoms with Crippen LogP contribution in [-0.4, -0.2) is 16.9 Å². The zero-order chi connectivity index (χ0) is 20.1. The first-order chi connectivity index (χ1) is 13.4. The molecule has 0 saturated carbocycles. The molecular formula is C22H21ClFNO3. The van der Waals surface area contributed by atoms with Crippen LogP contribution in [-0.2, 0) is 17.9 Å². The molecule has 1 atom stereocenters. The Balaban J connectivity index is 1.77. The van der Waals surface area contributed by atoms with E-state index in [1.165, 1.54) is 12.1 Å². The molecule has 1 amide bonds. The molecule has 0 saturated heterocycles. The Bertz CT molecular complexity index is 943. The average molecular weight is 402 g/mol. The quantitative estimate of drug-likeness (QED) is 0.534. The fourth-order valence-corrected chi connectivity index (χ4v) is 2.98. The number of nitrogens with zero attached hydrogens (tertiary/aromatic N) is 1. The van der Waals surface area contributed by atoms with Gasteiger partial charge in [-0.15, -0.1) is 0 Å². The van der Waals surface area contributed by atoms with Gasteiger partial charge in [0.1, 0.15) is 17.3 Å². The molecule has 0 aliphatic rings. The van der Waals surface area contributed by atoms with Gasteiger partial charge in [0.05, 0.1) is 12.8 Å². The number of benzene rings is 2. The Labute approximate surface area is 168 Å². The van der Waals surface area contributed by atoms with Gasteiger partial charge in [-0.05, 0) is 67.4 Å². The summed E-state index contributed by atoms with van der Waals surface area (Å²) in [5, 5.41) is 0.636. The summed E-state index contributed by atoms with van der Waals surface area (Å²) in [5.41, 5.74) is 1.56. The second-order valence-electron chi connectivity index (χ2n) is 6.57. The van der Waals surface area contributed by atoms with Crippen molar-refractivity contribution in [3.05, 3.63) is 88.6 Å². The van der Waals surface area contributed by atoms with Crippen LogP contribution in [0.25, 0.3) is 0 Å². The summed E-state index contributed by atoms with van der Waals surface area (Å²) in [7, 11) is 0. The lowest BCUT2D eigenvalue weighted by molar-refractivity contribution is -0.139. The van der Waals surface area contributed by atoms with Gasteiger partial charge in [-0.2, -0.15) is 0 Å². The largest absolute Gasteiger partial charge is 0.481 e. The number of amides is 1. The van der Waals surface area contributed by atoms with E-state index in [-0.39, 0.29) is 24.8 Å². The number of rotatable bonds is 7. The smallest absolute Gasteiger partial charge is 0.264 e. The van der Waals surface area contributed by atoms with Crippen molar-refractivity contribution in [3.8, 4) is 5.75 Å². The third-order valence-corrected chi connectivity index (χ3v) is 4.72. The molecule has 0 aliphatic heterocycles. The zero-order valence-electron chi connectivity index (χ0n) is 15.7. The van der Waals surface area contributed by atoms with Gasteiger partial charge in [0.2, 0.25) is 0 Å². The maximum atomic E-state index is 13.6. The zero-order valence-corrected chi connectivity index (χ0v) is 16.4. The molecule has 0 radical (unpaired) electrons. The fourth-order valence-electron chi connectivity index (χ4n) is 2.86. The van der Waals surface area contributed by atoms with Crippen LogP contribution < -0.4 is 4.74 Å². The second-order valence-corrected chi connectivity index (χ2v) is 6.98. The molecule has 3 aromatic rings. The van der Waals surface area contributed by atoms with Crippen LogP contribution in [0.1, 0.15) is 23.8 Å². The molecule has 4 nitrogen and oxygen atoms in total. The maximum absolute atomic E-state index is 13.6. The fraction of sp³-hybridized carbons (Fsp3) is 0.227. The molecule has 28 heavy (non-hydrogen) atoms.